The van der Waals surface area contributed by atoms with Crippen molar-refractivity contribution in [1.82, 2.24) is 0 Å². The first-order valence-corrected chi connectivity index (χ1v) is 8.14. The van der Waals surface area contributed by atoms with Gasteiger partial charge in [-0.15, -0.1) is 0 Å². The molecule has 24 heavy (non-hydrogen) atoms. The van der Waals surface area contributed by atoms with E-state index in [1.54, 1.807) is 12.2 Å². The number of halogens is 2. The highest BCUT2D eigenvalue weighted by Crippen LogP contribution is 2.32. The van der Waals surface area contributed by atoms with E-state index < -0.39 is 29.5 Å². The molecule has 2 atom stereocenters. The van der Waals surface area contributed by atoms with Gasteiger partial charge in [-0.25, -0.2) is 4.39 Å². The second-order valence-electron chi connectivity index (χ2n) is 5.58. The molecular weight excluding hydrogens is 337 g/mol. The number of ether oxygens (including phenoxy) is 1. The number of rotatable bonds is 6. The number of aliphatic carboxylic acids is 1. The van der Waals surface area contributed by atoms with Gasteiger partial charge in [-0.05, 0) is 25.3 Å². The van der Waals surface area contributed by atoms with E-state index in [2.05, 4.69) is 5.32 Å². The SMILES string of the molecule is CCCOc1cc(NC(=O)C2C=CCCC2C(=O)O)c(F)cc1Cl. The molecule has 0 saturated heterocycles. The normalized spacial score (nSPS) is 19.8. The molecule has 0 aromatic heterocycles. The summed E-state index contributed by atoms with van der Waals surface area (Å²) in [6, 6.07) is 2.38. The monoisotopic (exact) mass is 355 g/mol. The molecule has 5 nitrogen and oxygen atoms in total. The number of nitrogens with one attached hydrogen (secondary N) is 1. The van der Waals surface area contributed by atoms with E-state index in [-0.39, 0.29) is 16.5 Å². The molecule has 2 unspecified atom stereocenters. The molecule has 1 aliphatic rings. The zero-order valence-corrected chi connectivity index (χ0v) is 14.0. The van der Waals surface area contributed by atoms with Crippen LogP contribution in [0.2, 0.25) is 5.02 Å². The fourth-order valence-corrected chi connectivity index (χ4v) is 2.75. The molecule has 0 bridgehead atoms. The Morgan fingerprint density at radius 1 is 1.46 bits per heavy atom. The maximum absolute atomic E-state index is 14.0. The number of hydrogen-bond acceptors (Lipinski definition) is 3. The van der Waals surface area contributed by atoms with Crippen molar-refractivity contribution in [2.24, 2.45) is 11.8 Å². The molecule has 0 fully saturated rings. The molecule has 0 saturated carbocycles. The van der Waals surface area contributed by atoms with Gasteiger partial charge in [0.1, 0.15) is 11.6 Å². The standard InChI is InChI=1S/C17H19ClFNO4/c1-2-7-24-15-9-14(13(19)8-12(15)18)20-16(21)10-5-3-4-6-11(10)17(22)23/h3,5,8-11H,2,4,6-7H2,1H3,(H,20,21)(H,22,23). The van der Waals surface area contributed by atoms with Crippen LogP contribution < -0.4 is 10.1 Å². The number of anilines is 1. The number of allylic oxidation sites excluding steroid dienone is 1. The average molecular weight is 356 g/mol. The minimum absolute atomic E-state index is 0.0846. The largest absolute Gasteiger partial charge is 0.492 e. The maximum atomic E-state index is 14.0. The summed E-state index contributed by atoms with van der Waals surface area (Å²) >= 11 is 5.92. The van der Waals surface area contributed by atoms with Crippen molar-refractivity contribution >= 4 is 29.2 Å². The van der Waals surface area contributed by atoms with Crippen LogP contribution in [0.25, 0.3) is 0 Å². The fraction of sp³-hybridized carbons (Fsp3) is 0.412. The number of benzene rings is 1. The fourth-order valence-electron chi connectivity index (χ4n) is 2.54. The average Bonchev–Trinajstić information content (AvgIpc) is 2.56. The zero-order valence-electron chi connectivity index (χ0n) is 13.2. The summed E-state index contributed by atoms with van der Waals surface area (Å²) in [5, 5.41) is 11.8. The predicted molar refractivity (Wildman–Crippen MR) is 88.8 cm³/mol. The van der Waals surface area contributed by atoms with E-state index in [0.717, 1.165) is 12.5 Å². The number of carbonyl (C=O) groups excluding carboxylic acids is 1. The summed E-state index contributed by atoms with van der Waals surface area (Å²) in [5.41, 5.74) is -0.0846. The van der Waals surface area contributed by atoms with E-state index in [4.69, 9.17) is 16.3 Å². The van der Waals surface area contributed by atoms with Gasteiger partial charge in [0.15, 0.2) is 0 Å². The number of carbonyl (C=O) groups is 2. The van der Waals surface area contributed by atoms with Gasteiger partial charge in [-0.2, -0.15) is 0 Å². The first-order valence-electron chi connectivity index (χ1n) is 7.76. The summed E-state index contributed by atoms with van der Waals surface area (Å²) in [4.78, 5) is 23.7. The number of amides is 1. The van der Waals surface area contributed by atoms with Gasteiger partial charge in [0, 0.05) is 6.07 Å². The zero-order chi connectivity index (χ0) is 17.7. The highest BCUT2D eigenvalue weighted by molar-refractivity contribution is 6.32. The van der Waals surface area contributed by atoms with E-state index in [1.807, 2.05) is 6.92 Å². The van der Waals surface area contributed by atoms with Gasteiger partial charge < -0.3 is 15.2 Å². The summed E-state index contributed by atoms with van der Waals surface area (Å²) < 4.78 is 19.5. The molecule has 7 heteroatoms. The molecule has 0 spiro atoms. The number of carboxylic acids is 1. The Hall–Kier alpha value is -2.08. The number of carboxylic acid groups (broad SMARTS) is 1. The van der Waals surface area contributed by atoms with Gasteiger partial charge in [0.25, 0.3) is 0 Å². The third kappa shape index (κ3) is 4.26. The van der Waals surface area contributed by atoms with E-state index in [9.17, 15) is 19.1 Å². The molecular formula is C17H19ClFNO4. The summed E-state index contributed by atoms with van der Waals surface area (Å²) in [6.07, 6.45) is 5.04. The van der Waals surface area contributed by atoms with Crippen molar-refractivity contribution < 1.29 is 23.8 Å². The van der Waals surface area contributed by atoms with E-state index in [1.165, 1.54) is 6.07 Å². The Morgan fingerprint density at radius 3 is 2.88 bits per heavy atom. The van der Waals surface area contributed by atoms with Gasteiger partial charge in [0.05, 0.1) is 29.2 Å². The lowest BCUT2D eigenvalue weighted by Crippen LogP contribution is -2.34. The maximum Gasteiger partial charge on any atom is 0.307 e. The van der Waals surface area contributed by atoms with Crippen LogP contribution in [0.5, 0.6) is 5.75 Å². The third-order valence-corrected chi connectivity index (χ3v) is 4.08. The Bertz CT molecular complexity index is 662. The minimum atomic E-state index is -1.04. The van der Waals surface area contributed by atoms with Crippen LogP contribution in [0.15, 0.2) is 24.3 Å². The van der Waals surface area contributed by atoms with Crippen molar-refractivity contribution in [3.63, 3.8) is 0 Å². The van der Waals surface area contributed by atoms with Gasteiger partial charge in [-0.1, -0.05) is 30.7 Å². The van der Waals surface area contributed by atoms with E-state index in [0.29, 0.717) is 19.4 Å². The predicted octanol–water partition coefficient (Wildman–Crippen LogP) is 3.87. The lowest BCUT2D eigenvalue weighted by atomic mass is 9.83. The van der Waals surface area contributed by atoms with Crippen molar-refractivity contribution in [1.29, 1.82) is 0 Å². The molecule has 1 aliphatic carbocycles. The van der Waals surface area contributed by atoms with Gasteiger partial charge in [-0.3, -0.25) is 9.59 Å². The van der Waals surface area contributed by atoms with Crippen molar-refractivity contribution in [2.45, 2.75) is 26.2 Å². The van der Waals surface area contributed by atoms with Gasteiger partial charge in [0.2, 0.25) is 5.91 Å². The molecule has 1 amide bonds. The quantitative estimate of drug-likeness (QED) is 0.759. The van der Waals surface area contributed by atoms with E-state index >= 15 is 0 Å². The van der Waals surface area contributed by atoms with Crippen molar-refractivity contribution in [3.05, 3.63) is 35.1 Å². The lowest BCUT2D eigenvalue weighted by molar-refractivity contribution is -0.145. The molecule has 0 radical (unpaired) electrons. The van der Waals surface area contributed by atoms with Crippen LogP contribution in [-0.4, -0.2) is 23.6 Å². The van der Waals surface area contributed by atoms with Crippen LogP contribution in [-0.2, 0) is 9.59 Å². The summed E-state index contributed by atoms with van der Waals surface area (Å²) in [5.74, 6) is -3.70. The molecule has 2 N–H and O–H groups in total. The van der Waals surface area contributed by atoms with Crippen LogP contribution in [0.1, 0.15) is 26.2 Å². The first-order chi connectivity index (χ1) is 11.4. The number of hydrogen-bond donors (Lipinski definition) is 2. The van der Waals surface area contributed by atoms with Crippen LogP contribution in [0.4, 0.5) is 10.1 Å². The minimum Gasteiger partial charge on any atom is -0.492 e. The highest BCUT2D eigenvalue weighted by atomic mass is 35.5. The van der Waals surface area contributed by atoms with Crippen LogP contribution >= 0.6 is 11.6 Å². The molecule has 1 aromatic rings. The first kappa shape index (κ1) is 18.3. The summed E-state index contributed by atoms with van der Waals surface area (Å²) in [6.45, 7) is 2.33. The molecule has 0 aliphatic heterocycles. The Morgan fingerprint density at radius 2 is 2.21 bits per heavy atom. The van der Waals surface area contributed by atoms with Gasteiger partial charge >= 0.3 is 5.97 Å². The Balaban J connectivity index is 2.20. The Labute approximate surface area is 144 Å². The third-order valence-electron chi connectivity index (χ3n) is 3.78. The molecule has 0 heterocycles. The summed E-state index contributed by atoms with van der Waals surface area (Å²) in [7, 11) is 0. The lowest BCUT2D eigenvalue weighted by Gasteiger charge is -2.23. The molecule has 130 valence electrons. The van der Waals surface area contributed by atoms with Crippen molar-refractivity contribution in [3.8, 4) is 5.75 Å². The van der Waals surface area contributed by atoms with Crippen LogP contribution in [0.3, 0.4) is 0 Å². The van der Waals surface area contributed by atoms with Crippen LogP contribution in [0, 0.1) is 17.7 Å². The second-order valence-corrected chi connectivity index (χ2v) is 5.98. The smallest absolute Gasteiger partial charge is 0.307 e. The Kier molecular flexibility index (Phi) is 6.20. The second kappa shape index (κ2) is 8.15. The molecule has 2 rings (SSSR count). The highest BCUT2D eigenvalue weighted by Gasteiger charge is 2.33. The topological polar surface area (TPSA) is 75.6 Å². The molecule has 1 aromatic carbocycles. The van der Waals surface area contributed by atoms with Crippen molar-refractivity contribution in [2.75, 3.05) is 11.9 Å².